The van der Waals surface area contributed by atoms with Crippen LogP contribution in [0.2, 0.25) is 5.02 Å². The predicted molar refractivity (Wildman–Crippen MR) is 72.8 cm³/mol. The molecular formula is C13H18ClF3N2. The van der Waals surface area contributed by atoms with Crippen molar-refractivity contribution in [1.82, 2.24) is 5.32 Å². The molecule has 0 saturated carbocycles. The maximum Gasteiger partial charge on any atom is 0.405 e. The quantitative estimate of drug-likeness (QED) is 0.857. The van der Waals surface area contributed by atoms with Crippen molar-refractivity contribution in [3.8, 4) is 0 Å². The van der Waals surface area contributed by atoms with Gasteiger partial charge in [0.1, 0.15) is 6.54 Å². The number of anilines is 1. The predicted octanol–water partition coefficient (Wildman–Crippen LogP) is 3.84. The normalized spacial score (nSPS) is 11.7. The molecule has 0 radical (unpaired) electrons. The van der Waals surface area contributed by atoms with Gasteiger partial charge in [-0.15, -0.1) is 0 Å². The average molecular weight is 295 g/mol. The topological polar surface area (TPSA) is 15.3 Å². The first-order chi connectivity index (χ1) is 8.87. The molecule has 0 unspecified atom stereocenters. The number of hydrogen-bond acceptors (Lipinski definition) is 2. The summed E-state index contributed by atoms with van der Waals surface area (Å²) in [7, 11) is 1.76. The lowest BCUT2D eigenvalue weighted by Gasteiger charge is -2.28. The van der Waals surface area contributed by atoms with Gasteiger partial charge in [0.05, 0.1) is 0 Å². The van der Waals surface area contributed by atoms with Crippen molar-refractivity contribution in [3.63, 3.8) is 0 Å². The molecule has 1 aromatic rings. The molecule has 0 saturated heterocycles. The standard InChI is InChI=1S/C13H18ClF3N2/c1-3-6-19(9-13(15,16)17)12-7-11(14)5-4-10(12)8-18-2/h4-5,7,18H,3,6,8-9H2,1-2H3. The third kappa shape index (κ3) is 5.28. The van der Waals surface area contributed by atoms with Crippen LogP contribution < -0.4 is 10.2 Å². The minimum atomic E-state index is -4.23. The first kappa shape index (κ1) is 16.1. The molecule has 108 valence electrons. The highest BCUT2D eigenvalue weighted by molar-refractivity contribution is 6.30. The van der Waals surface area contributed by atoms with Gasteiger partial charge in [0.15, 0.2) is 0 Å². The summed E-state index contributed by atoms with van der Waals surface area (Å²) >= 11 is 5.90. The van der Waals surface area contributed by atoms with Crippen LogP contribution in [0.5, 0.6) is 0 Å². The third-order valence-corrected chi connectivity index (χ3v) is 2.85. The third-order valence-electron chi connectivity index (χ3n) is 2.62. The van der Waals surface area contributed by atoms with Gasteiger partial charge < -0.3 is 10.2 Å². The highest BCUT2D eigenvalue weighted by atomic mass is 35.5. The van der Waals surface area contributed by atoms with Gasteiger partial charge >= 0.3 is 6.18 Å². The molecule has 0 heterocycles. The van der Waals surface area contributed by atoms with Crippen LogP contribution in [0.1, 0.15) is 18.9 Å². The number of rotatable bonds is 6. The van der Waals surface area contributed by atoms with E-state index in [4.69, 9.17) is 11.6 Å². The molecule has 0 aromatic heterocycles. The highest BCUT2D eigenvalue weighted by Gasteiger charge is 2.31. The Morgan fingerprint density at radius 2 is 2.00 bits per heavy atom. The lowest BCUT2D eigenvalue weighted by atomic mass is 10.1. The zero-order valence-electron chi connectivity index (χ0n) is 11.0. The molecule has 2 nitrogen and oxygen atoms in total. The van der Waals surface area contributed by atoms with Crippen LogP contribution in [0, 0.1) is 0 Å². The van der Waals surface area contributed by atoms with Crippen LogP contribution in [0.25, 0.3) is 0 Å². The minimum absolute atomic E-state index is 0.344. The summed E-state index contributed by atoms with van der Waals surface area (Å²) in [5.74, 6) is 0. The van der Waals surface area contributed by atoms with Gasteiger partial charge in [-0.2, -0.15) is 13.2 Å². The zero-order valence-corrected chi connectivity index (χ0v) is 11.8. The zero-order chi connectivity index (χ0) is 14.5. The number of benzene rings is 1. The second kappa shape index (κ2) is 7.01. The monoisotopic (exact) mass is 294 g/mol. The maximum atomic E-state index is 12.6. The summed E-state index contributed by atoms with van der Waals surface area (Å²) in [5, 5.41) is 3.40. The van der Waals surface area contributed by atoms with Crippen LogP contribution >= 0.6 is 11.6 Å². The van der Waals surface area contributed by atoms with E-state index in [9.17, 15) is 13.2 Å². The Balaban J connectivity index is 3.08. The molecule has 1 N–H and O–H groups in total. The lowest BCUT2D eigenvalue weighted by molar-refractivity contribution is -0.119. The van der Waals surface area contributed by atoms with Gasteiger partial charge in [-0.3, -0.25) is 0 Å². The summed E-state index contributed by atoms with van der Waals surface area (Å²) < 4.78 is 37.9. The van der Waals surface area contributed by atoms with E-state index < -0.39 is 12.7 Å². The van der Waals surface area contributed by atoms with Crippen molar-refractivity contribution in [3.05, 3.63) is 28.8 Å². The molecule has 1 aromatic carbocycles. The number of halogens is 4. The van der Waals surface area contributed by atoms with E-state index in [2.05, 4.69) is 5.32 Å². The van der Waals surface area contributed by atoms with Gasteiger partial charge in [0.25, 0.3) is 0 Å². The Morgan fingerprint density at radius 1 is 1.32 bits per heavy atom. The first-order valence-corrected chi connectivity index (χ1v) is 6.50. The Kier molecular flexibility index (Phi) is 5.94. The van der Waals surface area contributed by atoms with Crippen molar-refractivity contribution in [2.24, 2.45) is 0 Å². The molecule has 0 spiro atoms. The first-order valence-electron chi connectivity index (χ1n) is 6.12. The fourth-order valence-corrected chi connectivity index (χ4v) is 2.11. The van der Waals surface area contributed by atoms with Crippen LogP contribution in [-0.2, 0) is 6.54 Å². The molecule has 0 aliphatic carbocycles. The smallest absolute Gasteiger partial charge is 0.362 e. The second-order valence-electron chi connectivity index (χ2n) is 4.34. The fraction of sp³-hybridized carbons (Fsp3) is 0.538. The number of hydrogen-bond donors (Lipinski definition) is 1. The Morgan fingerprint density at radius 3 is 2.53 bits per heavy atom. The van der Waals surface area contributed by atoms with Crippen LogP contribution in [0.15, 0.2) is 18.2 Å². The average Bonchev–Trinajstić information content (AvgIpc) is 2.29. The Hall–Kier alpha value is -0.940. The summed E-state index contributed by atoms with van der Waals surface area (Å²) in [5.41, 5.74) is 1.35. The van der Waals surface area contributed by atoms with Gasteiger partial charge in [0, 0.05) is 23.8 Å². The number of nitrogens with one attached hydrogen (secondary N) is 1. The number of nitrogens with zero attached hydrogens (tertiary/aromatic N) is 1. The van der Waals surface area contributed by atoms with Crippen LogP contribution in [0.3, 0.4) is 0 Å². The van der Waals surface area contributed by atoms with Gasteiger partial charge in [-0.1, -0.05) is 24.6 Å². The van der Waals surface area contributed by atoms with E-state index in [-0.39, 0.29) is 0 Å². The molecule has 1 rings (SSSR count). The molecule has 6 heteroatoms. The van der Waals surface area contributed by atoms with Gasteiger partial charge in [-0.25, -0.2) is 0 Å². The van der Waals surface area contributed by atoms with E-state index in [0.29, 0.717) is 30.2 Å². The van der Waals surface area contributed by atoms with E-state index in [1.807, 2.05) is 6.92 Å². The summed E-state index contributed by atoms with van der Waals surface area (Å²) in [6, 6.07) is 5.04. The molecule has 0 atom stereocenters. The molecule has 0 amide bonds. The van der Waals surface area contributed by atoms with Crippen molar-refractivity contribution in [1.29, 1.82) is 0 Å². The van der Waals surface area contributed by atoms with Crippen LogP contribution in [0.4, 0.5) is 18.9 Å². The van der Waals surface area contributed by atoms with Crippen LogP contribution in [-0.4, -0.2) is 26.3 Å². The van der Waals surface area contributed by atoms with E-state index in [1.54, 1.807) is 25.2 Å². The SMILES string of the molecule is CCCN(CC(F)(F)F)c1cc(Cl)ccc1CNC. The minimum Gasteiger partial charge on any atom is -0.362 e. The molecule has 0 bridgehead atoms. The summed E-state index contributed by atoms with van der Waals surface area (Å²) in [4.78, 5) is 1.33. The van der Waals surface area contributed by atoms with Crippen molar-refractivity contribution >= 4 is 17.3 Å². The second-order valence-corrected chi connectivity index (χ2v) is 4.78. The lowest BCUT2D eigenvalue weighted by Crippen LogP contribution is -2.35. The van der Waals surface area contributed by atoms with E-state index in [0.717, 1.165) is 5.56 Å². The largest absolute Gasteiger partial charge is 0.405 e. The molecule has 19 heavy (non-hydrogen) atoms. The van der Waals surface area contributed by atoms with Gasteiger partial charge in [0.2, 0.25) is 0 Å². The Bertz CT molecular complexity index is 407. The van der Waals surface area contributed by atoms with Gasteiger partial charge in [-0.05, 0) is 31.2 Å². The fourth-order valence-electron chi connectivity index (χ4n) is 1.94. The summed E-state index contributed by atoms with van der Waals surface area (Å²) in [6.45, 7) is 1.74. The maximum absolute atomic E-state index is 12.6. The molecule has 0 fully saturated rings. The summed E-state index contributed by atoms with van der Waals surface area (Å²) in [6.07, 6.45) is -3.59. The molecular weight excluding hydrogens is 277 g/mol. The highest BCUT2D eigenvalue weighted by Crippen LogP contribution is 2.28. The number of alkyl halides is 3. The van der Waals surface area contributed by atoms with E-state index >= 15 is 0 Å². The van der Waals surface area contributed by atoms with Crippen molar-refractivity contribution < 1.29 is 13.2 Å². The molecule has 0 aliphatic heterocycles. The Labute approximate surface area is 116 Å². The van der Waals surface area contributed by atoms with Crippen molar-refractivity contribution in [2.75, 3.05) is 25.0 Å². The molecule has 0 aliphatic rings. The van der Waals surface area contributed by atoms with E-state index in [1.165, 1.54) is 4.90 Å². The van der Waals surface area contributed by atoms with Crippen molar-refractivity contribution in [2.45, 2.75) is 26.1 Å².